The molecular formula is C10H21N2O2P. The summed E-state index contributed by atoms with van der Waals surface area (Å²) >= 11 is 0. The van der Waals surface area contributed by atoms with Crippen LogP contribution >= 0.6 is 9.24 Å². The molecule has 3 N–H and O–H groups in total. The summed E-state index contributed by atoms with van der Waals surface area (Å²) in [6.45, 7) is 4.47. The van der Waals surface area contributed by atoms with Crippen LogP contribution in [0.5, 0.6) is 0 Å². The van der Waals surface area contributed by atoms with Gasteiger partial charge in [-0.2, -0.15) is 0 Å². The van der Waals surface area contributed by atoms with Crippen molar-refractivity contribution in [2.45, 2.75) is 39.2 Å². The lowest BCUT2D eigenvalue weighted by atomic mass is 10.1. The van der Waals surface area contributed by atoms with E-state index in [4.69, 9.17) is 5.73 Å². The highest BCUT2D eigenvalue weighted by Gasteiger charge is 2.16. The molecule has 88 valence electrons. The van der Waals surface area contributed by atoms with Crippen LogP contribution in [0.2, 0.25) is 0 Å². The van der Waals surface area contributed by atoms with E-state index in [0.29, 0.717) is 25.3 Å². The zero-order valence-corrected chi connectivity index (χ0v) is 10.6. The van der Waals surface area contributed by atoms with Crippen molar-refractivity contribution >= 4 is 20.7 Å². The van der Waals surface area contributed by atoms with Crippen LogP contribution in [0.4, 0.5) is 0 Å². The molecule has 0 aliphatic heterocycles. The predicted octanol–water partition coefficient (Wildman–Crippen LogP) is 0.658. The van der Waals surface area contributed by atoms with Gasteiger partial charge in [-0.3, -0.25) is 9.59 Å². The van der Waals surface area contributed by atoms with E-state index in [9.17, 15) is 9.59 Å². The Hall–Kier alpha value is -0.470. The summed E-state index contributed by atoms with van der Waals surface area (Å²) < 4.78 is 0. The highest BCUT2D eigenvalue weighted by Crippen LogP contribution is 2.05. The lowest BCUT2D eigenvalue weighted by molar-refractivity contribution is -0.125. The van der Waals surface area contributed by atoms with E-state index in [0.717, 1.165) is 6.42 Å². The van der Waals surface area contributed by atoms with Gasteiger partial charge >= 0.3 is 0 Å². The zero-order chi connectivity index (χ0) is 11.8. The highest BCUT2D eigenvalue weighted by molar-refractivity contribution is 7.40. The minimum atomic E-state index is -0.398. The molecule has 2 atom stereocenters. The average Bonchev–Trinajstić information content (AvgIpc) is 2.10. The van der Waals surface area contributed by atoms with Crippen molar-refractivity contribution in [2.75, 3.05) is 6.54 Å². The molecule has 0 heterocycles. The van der Waals surface area contributed by atoms with Gasteiger partial charge in [0.15, 0.2) is 5.52 Å². The van der Waals surface area contributed by atoms with Crippen molar-refractivity contribution in [3.63, 3.8) is 0 Å². The summed E-state index contributed by atoms with van der Waals surface area (Å²) in [5.41, 5.74) is 5.27. The predicted molar refractivity (Wildman–Crippen MR) is 64.4 cm³/mol. The third-order valence-corrected chi connectivity index (χ3v) is 2.37. The Morgan fingerprint density at radius 2 is 2.00 bits per heavy atom. The maximum atomic E-state index is 11.4. The normalized spacial score (nSPS) is 12.6. The van der Waals surface area contributed by atoms with Crippen molar-refractivity contribution in [3.8, 4) is 0 Å². The summed E-state index contributed by atoms with van der Waals surface area (Å²) in [5, 5.41) is 2.72. The molecule has 0 radical (unpaired) electrons. The molecule has 0 spiro atoms. The van der Waals surface area contributed by atoms with E-state index in [1.54, 1.807) is 0 Å². The molecule has 0 bridgehead atoms. The molecule has 2 unspecified atom stereocenters. The average molecular weight is 232 g/mol. The first-order valence-electron chi connectivity index (χ1n) is 5.26. The van der Waals surface area contributed by atoms with E-state index in [1.807, 2.05) is 13.8 Å². The van der Waals surface area contributed by atoms with Crippen LogP contribution in [0.1, 0.15) is 33.1 Å². The zero-order valence-electron chi connectivity index (χ0n) is 9.45. The topological polar surface area (TPSA) is 72.2 Å². The Balaban J connectivity index is 4.04. The van der Waals surface area contributed by atoms with Crippen molar-refractivity contribution in [1.82, 2.24) is 5.32 Å². The minimum Gasteiger partial charge on any atom is -0.346 e. The van der Waals surface area contributed by atoms with Crippen LogP contribution in [0.15, 0.2) is 0 Å². The van der Waals surface area contributed by atoms with Crippen LogP contribution in [0, 0.1) is 5.92 Å². The van der Waals surface area contributed by atoms with Crippen molar-refractivity contribution in [2.24, 2.45) is 11.7 Å². The SMILES string of the molecule is CC(C)CC(=O)NC(CCCN)C(=O)P. The third kappa shape index (κ3) is 7.46. The molecule has 0 fully saturated rings. The number of rotatable bonds is 7. The van der Waals surface area contributed by atoms with Gasteiger partial charge in [-0.25, -0.2) is 0 Å². The summed E-state index contributed by atoms with van der Waals surface area (Å²) in [4.78, 5) is 22.6. The number of nitrogens with one attached hydrogen (secondary N) is 1. The molecule has 1 amide bonds. The number of hydrogen-bond donors (Lipinski definition) is 2. The van der Waals surface area contributed by atoms with Crippen LogP contribution < -0.4 is 11.1 Å². The number of hydrogen-bond acceptors (Lipinski definition) is 3. The Morgan fingerprint density at radius 3 is 2.40 bits per heavy atom. The first kappa shape index (κ1) is 14.5. The second kappa shape index (κ2) is 7.77. The molecular weight excluding hydrogens is 211 g/mol. The fourth-order valence-electron chi connectivity index (χ4n) is 1.23. The Kier molecular flexibility index (Phi) is 7.53. The van der Waals surface area contributed by atoms with E-state index in [1.165, 1.54) is 0 Å². The quantitative estimate of drug-likeness (QED) is 0.633. The van der Waals surface area contributed by atoms with Gasteiger partial charge in [0, 0.05) is 6.42 Å². The fraction of sp³-hybridized carbons (Fsp3) is 0.800. The van der Waals surface area contributed by atoms with Crippen LogP contribution in [0.3, 0.4) is 0 Å². The van der Waals surface area contributed by atoms with E-state index in [2.05, 4.69) is 14.6 Å². The molecule has 0 saturated heterocycles. The molecule has 0 aromatic rings. The first-order valence-corrected chi connectivity index (χ1v) is 5.83. The van der Waals surface area contributed by atoms with Crippen molar-refractivity contribution in [1.29, 1.82) is 0 Å². The maximum Gasteiger partial charge on any atom is 0.220 e. The molecule has 0 aliphatic carbocycles. The van der Waals surface area contributed by atoms with E-state index < -0.39 is 6.04 Å². The summed E-state index contributed by atoms with van der Waals surface area (Å²) in [6.07, 6.45) is 1.81. The lowest BCUT2D eigenvalue weighted by Crippen LogP contribution is -2.39. The molecule has 15 heavy (non-hydrogen) atoms. The van der Waals surface area contributed by atoms with Crippen molar-refractivity contribution in [3.05, 3.63) is 0 Å². The molecule has 0 aliphatic rings. The van der Waals surface area contributed by atoms with Gasteiger partial charge in [0.1, 0.15) is 0 Å². The van der Waals surface area contributed by atoms with Crippen molar-refractivity contribution < 1.29 is 9.59 Å². The van der Waals surface area contributed by atoms with E-state index in [-0.39, 0.29) is 11.4 Å². The monoisotopic (exact) mass is 232 g/mol. The van der Waals surface area contributed by atoms with Crippen LogP contribution in [0.25, 0.3) is 0 Å². The number of nitrogens with two attached hydrogens (primary N) is 1. The van der Waals surface area contributed by atoms with Gasteiger partial charge in [-0.15, -0.1) is 0 Å². The second-order valence-corrected chi connectivity index (χ2v) is 4.62. The van der Waals surface area contributed by atoms with Gasteiger partial charge in [0.05, 0.1) is 6.04 Å². The highest BCUT2D eigenvalue weighted by atomic mass is 31.0. The van der Waals surface area contributed by atoms with Gasteiger partial charge in [0.25, 0.3) is 0 Å². The summed E-state index contributed by atoms with van der Waals surface area (Å²) in [6, 6.07) is -0.398. The van der Waals surface area contributed by atoms with E-state index >= 15 is 0 Å². The second-order valence-electron chi connectivity index (χ2n) is 4.05. The third-order valence-electron chi connectivity index (χ3n) is 1.97. The van der Waals surface area contributed by atoms with Gasteiger partial charge in [0.2, 0.25) is 5.91 Å². The van der Waals surface area contributed by atoms with Crippen LogP contribution in [-0.2, 0) is 9.59 Å². The minimum absolute atomic E-state index is 0.0668. The first-order chi connectivity index (χ1) is 6.97. The Labute approximate surface area is 93.6 Å². The number of carbonyl (C=O) groups is 2. The van der Waals surface area contributed by atoms with Gasteiger partial charge in [-0.05, 0) is 25.3 Å². The van der Waals surface area contributed by atoms with Gasteiger partial charge in [-0.1, -0.05) is 23.1 Å². The summed E-state index contributed by atoms with van der Waals surface area (Å²) in [7, 11) is 2.11. The largest absolute Gasteiger partial charge is 0.346 e. The van der Waals surface area contributed by atoms with Crippen LogP contribution in [-0.4, -0.2) is 24.0 Å². The molecule has 5 heteroatoms. The molecule has 0 saturated carbocycles. The molecule has 0 aromatic heterocycles. The summed E-state index contributed by atoms with van der Waals surface area (Å²) in [5.74, 6) is 0.239. The maximum absolute atomic E-state index is 11.4. The molecule has 0 aromatic carbocycles. The van der Waals surface area contributed by atoms with Gasteiger partial charge < -0.3 is 11.1 Å². The fourth-order valence-corrected chi connectivity index (χ4v) is 1.48. The molecule has 0 rings (SSSR count). The number of carbonyl (C=O) groups excluding carboxylic acids is 2. The Bertz CT molecular complexity index is 219. The molecule has 4 nitrogen and oxygen atoms in total. The smallest absolute Gasteiger partial charge is 0.220 e. The lowest BCUT2D eigenvalue weighted by Gasteiger charge is -2.16. The standard InChI is InChI=1S/C10H21N2O2P/c1-7(2)6-9(13)12-8(10(14)15)4-3-5-11/h7-8H,3-6,11,15H2,1-2H3,(H,12,13). The Morgan fingerprint density at radius 1 is 1.40 bits per heavy atom. The number of amides is 1.